The Hall–Kier alpha value is -0.860. The fourth-order valence-corrected chi connectivity index (χ4v) is 3.08. The molecule has 0 aliphatic carbocycles. The second-order valence-electron chi connectivity index (χ2n) is 5.46. The summed E-state index contributed by atoms with van der Waals surface area (Å²) in [5.41, 5.74) is 1.42. The van der Waals surface area contributed by atoms with Crippen LogP contribution >= 0.6 is 0 Å². The quantitative estimate of drug-likeness (QED) is 0.687. The van der Waals surface area contributed by atoms with E-state index in [0.29, 0.717) is 12.1 Å². The molecule has 0 spiro atoms. The summed E-state index contributed by atoms with van der Waals surface area (Å²) in [7, 11) is 0. The summed E-state index contributed by atoms with van der Waals surface area (Å²) in [6.45, 7) is 12.5. The van der Waals surface area contributed by atoms with Gasteiger partial charge in [-0.1, -0.05) is 58.0 Å². The van der Waals surface area contributed by atoms with Gasteiger partial charge >= 0.3 is 0 Å². The molecule has 0 fully saturated rings. The molecule has 0 radical (unpaired) electrons. The number of nitrogens with one attached hydrogen (secondary N) is 1. The van der Waals surface area contributed by atoms with Gasteiger partial charge in [-0.2, -0.15) is 0 Å². The molecule has 2 heteroatoms. The average molecular weight is 276 g/mol. The van der Waals surface area contributed by atoms with Gasteiger partial charge in [0, 0.05) is 12.1 Å². The molecule has 2 unspecified atom stereocenters. The van der Waals surface area contributed by atoms with Gasteiger partial charge in [-0.15, -0.1) is 0 Å². The Morgan fingerprint density at radius 1 is 0.950 bits per heavy atom. The summed E-state index contributed by atoms with van der Waals surface area (Å²) >= 11 is 0. The molecule has 20 heavy (non-hydrogen) atoms. The van der Waals surface area contributed by atoms with Gasteiger partial charge in [0.2, 0.25) is 0 Å². The van der Waals surface area contributed by atoms with E-state index in [1.54, 1.807) is 0 Å². The molecule has 1 aromatic rings. The standard InChI is InChI=1S/C18H32N2/c1-5-14-20(15-6-2)17(7-3)18(19-8-4)16-12-10-9-11-13-16/h9-13,17-19H,5-8,14-15H2,1-4H3. The molecular weight excluding hydrogens is 244 g/mol. The van der Waals surface area contributed by atoms with Crippen molar-refractivity contribution in [2.24, 2.45) is 0 Å². The molecule has 1 rings (SSSR count). The van der Waals surface area contributed by atoms with Gasteiger partial charge in [0.1, 0.15) is 0 Å². The highest BCUT2D eigenvalue weighted by Crippen LogP contribution is 2.24. The number of hydrogen-bond donors (Lipinski definition) is 1. The molecule has 0 saturated carbocycles. The van der Waals surface area contributed by atoms with E-state index in [-0.39, 0.29) is 0 Å². The summed E-state index contributed by atoms with van der Waals surface area (Å²) in [6, 6.07) is 11.9. The lowest BCUT2D eigenvalue weighted by molar-refractivity contribution is 0.151. The van der Waals surface area contributed by atoms with Crippen LogP contribution in [0.25, 0.3) is 0 Å². The third-order valence-corrected chi connectivity index (χ3v) is 3.88. The van der Waals surface area contributed by atoms with Crippen LogP contribution in [0.2, 0.25) is 0 Å². The topological polar surface area (TPSA) is 15.3 Å². The second-order valence-corrected chi connectivity index (χ2v) is 5.46. The number of hydrogen-bond acceptors (Lipinski definition) is 2. The predicted molar refractivity (Wildman–Crippen MR) is 89.1 cm³/mol. The summed E-state index contributed by atoms with van der Waals surface area (Å²) in [4.78, 5) is 2.67. The Balaban J connectivity index is 2.95. The minimum Gasteiger partial charge on any atom is -0.309 e. The largest absolute Gasteiger partial charge is 0.309 e. The molecule has 1 N–H and O–H groups in total. The van der Waals surface area contributed by atoms with Crippen LogP contribution in [0.1, 0.15) is 58.6 Å². The zero-order chi connectivity index (χ0) is 14.8. The second kappa shape index (κ2) is 9.95. The maximum atomic E-state index is 3.71. The fourth-order valence-electron chi connectivity index (χ4n) is 3.08. The van der Waals surface area contributed by atoms with Gasteiger partial charge in [0.25, 0.3) is 0 Å². The van der Waals surface area contributed by atoms with E-state index >= 15 is 0 Å². The van der Waals surface area contributed by atoms with Crippen LogP contribution in [0.3, 0.4) is 0 Å². The van der Waals surface area contributed by atoms with Crippen molar-refractivity contribution in [3.63, 3.8) is 0 Å². The van der Waals surface area contributed by atoms with Crippen molar-refractivity contribution in [3.8, 4) is 0 Å². The molecule has 0 aromatic heterocycles. The lowest BCUT2D eigenvalue weighted by Gasteiger charge is -2.37. The van der Waals surface area contributed by atoms with Gasteiger partial charge in [-0.25, -0.2) is 0 Å². The smallest absolute Gasteiger partial charge is 0.0477 e. The van der Waals surface area contributed by atoms with Crippen LogP contribution in [0, 0.1) is 0 Å². The molecule has 0 heterocycles. The molecule has 0 saturated heterocycles. The summed E-state index contributed by atoms with van der Waals surface area (Å²) in [5.74, 6) is 0. The van der Waals surface area contributed by atoms with E-state index < -0.39 is 0 Å². The first kappa shape index (κ1) is 17.2. The van der Waals surface area contributed by atoms with Gasteiger partial charge < -0.3 is 5.32 Å². The van der Waals surface area contributed by atoms with Gasteiger partial charge in [-0.3, -0.25) is 4.90 Å². The zero-order valence-corrected chi connectivity index (χ0v) is 13.7. The Kier molecular flexibility index (Phi) is 8.56. The lowest BCUT2D eigenvalue weighted by Crippen LogP contribution is -2.45. The zero-order valence-electron chi connectivity index (χ0n) is 13.7. The molecule has 0 bridgehead atoms. The van der Waals surface area contributed by atoms with Gasteiger partial charge in [0.15, 0.2) is 0 Å². The Morgan fingerprint density at radius 2 is 1.55 bits per heavy atom. The minimum absolute atomic E-state index is 0.435. The SMILES string of the molecule is CCCN(CCC)C(CC)C(NCC)c1ccccc1. The molecule has 0 aliphatic heterocycles. The van der Waals surface area contributed by atoms with Gasteiger partial charge in [0.05, 0.1) is 0 Å². The fraction of sp³-hybridized carbons (Fsp3) is 0.667. The highest BCUT2D eigenvalue weighted by Gasteiger charge is 2.25. The summed E-state index contributed by atoms with van der Waals surface area (Å²) < 4.78 is 0. The Morgan fingerprint density at radius 3 is 2.00 bits per heavy atom. The van der Waals surface area contributed by atoms with Gasteiger partial charge in [-0.05, 0) is 44.5 Å². The molecule has 2 nitrogen and oxygen atoms in total. The highest BCUT2D eigenvalue weighted by atomic mass is 15.2. The first-order chi connectivity index (χ1) is 9.78. The van der Waals surface area contributed by atoms with E-state index in [0.717, 1.165) is 6.54 Å². The third-order valence-electron chi connectivity index (χ3n) is 3.88. The molecule has 0 amide bonds. The van der Waals surface area contributed by atoms with Crippen molar-refractivity contribution in [1.82, 2.24) is 10.2 Å². The van der Waals surface area contributed by atoms with E-state index in [9.17, 15) is 0 Å². The maximum Gasteiger partial charge on any atom is 0.0477 e. The van der Waals surface area contributed by atoms with Crippen molar-refractivity contribution in [1.29, 1.82) is 0 Å². The Bertz CT molecular complexity index is 331. The van der Waals surface area contributed by atoms with Crippen LogP contribution in [-0.4, -0.2) is 30.6 Å². The van der Waals surface area contributed by atoms with Crippen molar-refractivity contribution < 1.29 is 0 Å². The van der Waals surface area contributed by atoms with Crippen molar-refractivity contribution in [3.05, 3.63) is 35.9 Å². The summed E-state index contributed by atoms with van der Waals surface area (Å²) in [6.07, 6.45) is 3.64. The molecule has 0 aliphatic rings. The minimum atomic E-state index is 0.435. The Labute approximate surface area is 125 Å². The van der Waals surface area contributed by atoms with E-state index in [1.165, 1.54) is 37.9 Å². The van der Waals surface area contributed by atoms with Crippen LogP contribution in [0.4, 0.5) is 0 Å². The summed E-state index contributed by atoms with van der Waals surface area (Å²) in [5, 5.41) is 3.71. The number of rotatable bonds is 10. The number of nitrogens with zero attached hydrogens (tertiary/aromatic N) is 1. The maximum absolute atomic E-state index is 3.71. The molecule has 2 atom stereocenters. The van der Waals surface area contributed by atoms with E-state index in [2.05, 4.69) is 68.2 Å². The van der Waals surface area contributed by atoms with E-state index in [4.69, 9.17) is 0 Å². The monoisotopic (exact) mass is 276 g/mol. The molecule has 114 valence electrons. The van der Waals surface area contributed by atoms with Crippen LogP contribution in [0.15, 0.2) is 30.3 Å². The molecule has 1 aromatic carbocycles. The van der Waals surface area contributed by atoms with Crippen LogP contribution in [0.5, 0.6) is 0 Å². The number of likely N-dealkylation sites (N-methyl/N-ethyl adjacent to an activating group) is 1. The average Bonchev–Trinajstić information content (AvgIpc) is 2.48. The van der Waals surface area contributed by atoms with Crippen LogP contribution in [-0.2, 0) is 0 Å². The molecular formula is C18H32N2. The lowest BCUT2D eigenvalue weighted by atomic mass is 9.95. The number of benzene rings is 1. The van der Waals surface area contributed by atoms with Crippen molar-refractivity contribution >= 4 is 0 Å². The van der Waals surface area contributed by atoms with Crippen LogP contribution < -0.4 is 5.32 Å². The third kappa shape index (κ3) is 4.92. The van der Waals surface area contributed by atoms with Crippen molar-refractivity contribution in [2.75, 3.05) is 19.6 Å². The van der Waals surface area contributed by atoms with E-state index in [1.807, 2.05) is 0 Å². The first-order valence-electron chi connectivity index (χ1n) is 8.30. The van der Waals surface area contributed by atoms with Crippen molar-refractivity contribution in [2.45, 2.75) is 59.0 Å². The normalized spacial score (nSPS) is 14.4. The predicted octanol–water partition coefficient (Wildman–Crippen LogP) is 4.24. The first-order valence-corrected chi connectivity index (χ1v) is 8.30. The highest BCUT2D eigenvalue weighted by molar-refractivity contribution is 5.20.